The van der Waals surface area contributed by atoms with Gasteiger partial charge in [-0.05, 0) is 45.2 Å². The van der Waals surface area contributed by atoms with Gasteiger partial charge < -0.3 is 14.0 Å². The third kappa shape index (κ3) is 4.73. The molecule has 0 atom stereocenters. The number of rotatable bonds is 5. The summed E-state index contributed by atoms with van der Waals surface area (Å²) in [4.78, 5) is 2.47. The fourth-order valence-corrected chi connectivity index (χ4v) is 3.12. The molecule has 0 aliphatic carbocycles. The Bertz CT molecular complexity index is 593. The van der Waals surface area contributed by atoms with E-state index in [4.69, 9.17) is 14.0 Å². The van der Waals surface area contributed by atoms with E-state index in [9.17, 15) is 0 Å². The normalized spacial score (nSPS) is 23.4. The van der Waals surface area contributed by atoms with E-state index in [2.05, 4.69) is 62.9 Å². The maximum atomic E-state index is 6.02. The Morgan fingerprint density at radius 1 is 1.08 bits per heavy atom. The lowest BCUT2D eigenvalue weighted by molar-refractivity contribution is 0.00578. The van der Waals surface area contributed by atoms with Crippen LogP contribution in [0.2, 0.25) is 0 Å². The summed E-state index contributed by atoms with van der Waals surface area (Å²) in [7, 11) is -0.290. The first-order valence-electron chi connectivity index (χ1n) is 9.29. The summed E-state index contributed by atoms with van der Waals surface area (Å²) in [6.07, 6.45) is 3.17. The maximum absolute atomic E-state index is 6.02. The van der Waals surface area contributed by atoms with Crippen LogP contribution in [0.25, 0.3) is 6.08 Å². The van der Waals surface area contributed by atoms with Crippen LogP contribution in [0.5, 0.6) is 0 Å². The van der Waals surface area contributed by atoms with Gasteiger partial charge >= 0.3 is 7.12 Å². The molecule has 3 rings (SSSR count). The van der Waals surface area contributed by atoms with Crippen molar-refractivity contribution >= 4 is 13.2 Å². The van der Waals surface area contributed by atoms with Gasteiger partial charge in [0.2, 0.25) is 0 Å². The van der Waals surface area contributed by atoms with Gasteiger partial charge in [-0.3, -0.25) is 4.90 Å². The van der Waals surface area contributed by atoms with Crippen molar-refractivity contribution in [2.24, 2.45) is 0 Å². The minimum Gasteiger partial charge on any atom is -0.400 e. The molecule has 5 heteroatoms. The molecule has 4 nitrogen and oxygen atoms in total. The molecule has 0 unspecified atom stereocenters. The number of morpholine rings is 1. The summed E-state index contributed by atoms with van der Waals surface area (Å²) >= 11 is 0. The van der Waals surface area contributed by atoms with E-state index in [-0.39, 0.29) is 18.3 Å². The highest BCUT2D eigenvalue weighted by molar-refractivity contribution is 6.52. The molecule has 2 fully saturated rings. The smallest absolute Gasteiger partial charge is 0.400 e. The molecule has 2 aliphatic heterocycles. The fraction of sp³-hybridized carbons (Fsp3) is 0.600. The van der Waals surface area contributed by atoms with Crippen molar-refractivity contribution in [2.75, 3.05) is 32.8 Å². The van der Waals surface area contributed by atoms with E-state index in [1.165, 1.54) is 11.1 Å². The topological polar surface area (TPSA) is 30.9 Å². The number of hydrogen-bond donors (Lipinski definition) is 0. The molecule has 0 bridgehead atoms. The zero-order valence-electron chi connectivity index (χ0n) is 16.0. The van der Waals surface area contributed by atoms with Crippen molar-refractivity contribution in [3.8, 4) is 0 Å². The predicted octanol–water partition coefficient (Wildman–Crippen LogP) is 3.21. The SMILES string of the molecule is CC1(C)OB(C=Cc2cccc(CCN3CCOCC3)c2)OC1(C)C. The summed E-state index contributed by atoms with van der Waals surface area (Å²) in [6.45, 7) is 13.2. The average molecular weight is 343 g/mol. The molecule has 2 heterocycles. The van der Waals surface area contributed by atoms with Gasteiger partial charge in [-0.1, -0.05) is 36.3 Å². The van der Waals surface area contributed by atoms with Crippen LogP contribution in [0.3, 0.4) is 0 Å². The summed E-state index contributed by atoms with van der Waals surface area (Å²) in [5.74, 6) is 2.01. The maximum Gasteiger partial charge on any atom is 0.487 e. The van der Waals surface area contributed by atoms with Gasteiger partial charge in [0.25, 0.3) is 0 Å². The molecule has 25 heavy (non-hydrogen) atoms. The number of benzene rings is 1. The Kier molecular flexibility index (Phi) is 5.69. The van der Waals surface area contributed by atoms with Crippen LogP contribution < -0.4 is 0 Å². The number of nitrogens with zero attached hydrogens (tertiary/aromatic N) is 1. The first kappa shape index (κ1) is 18.6. The molecule has 0 aromatic heterocycles. The average Bonchev–Trinajstić information content (AvgIpc) is 2.80. The van der Waals surface area contributed by atoms with Crippen molar-refractivity contribution in [1.82, 2.24) is 4.90 Å². The van der Waals surface area contributed by atoms with E-state index >= 15 is 0 Å². The molecule has 0 N–H and O–H groups in total. The lowest BCUT2D eigenvalue weighted by Crippen LogP contribution is -2.41. The van der Waals surface area contributed by atoms with Crippen LogP contribution in [0.15, 0.2) is 30.2 Å². The minimum absolute atomic E-state index is 0.290. The Balaban J connectivity index is 1.56. The van der Waals surface area contributed by atoms with Crippen LogP contribution in [0.4, 0.5) is 0 Å². The monoisotopic (exact) mass is 343 g/mol. The zero-order chi connectivity index (χ0) is 17.9. The van der Waals surface area contributed by atoms with Gasteiger partial charge in [-0.15, -0.1) is 0 Å². The van der Waals surface area contributed by atoms with Gasteiger partial charge in [-0.25, -0.2) is 0 Å². The number of hydrogen-bond acceptors (Lipinski definition) is 4. The molecule has 2 saturated heterocycles. The molecule has 1 aromatic rings. The zero-order valence-corrected chi connectivity index (χ0v) is 16.0. The standard InChI is InChI=1S/C20H30BNO3/c1-19(2)20(3,4)25-21(24-19)10-8-17-6-5-7-18(16-17)9-11-22-12-14-23-15-13-22/h5-8,10,16H,9,11-15H2,1-4H3. The molecular formula is C20H30BNO3. The van der Waals surface area contributed by atoms with E-state index in [1.54, 1.807) is 0 Å². The summed E-state index contributed by atoms with van der Waals surface area (Å²) in [5, 5.41) is 0. The Hall–Kier alpha value is -1.14. The molecule has 0 saturated carbocycles. The van der Waals surface area contributed by atoms with Crippen molar-refractivity contribution in [2.45, 2.75) is 45.3 Å². The summed E-state index contributed by atoms with van der Waals surface area (Å²) < 4.78 is 17.4. The van der Waals surface area contributed by atoms with E-state index in [1.807, 2.05) is 5.98 Å². The second-order valence-electron chi connectivity index (χ2n) is 7.93. The minimum atomic E-state index is -0.290. The summed E-state index contributed by atoms with van der Waals surface area (Å²) in [6, 6.07) is 8.70. The van der Waals surface area contributed by atoms with Crippen molar-refractivity contribution in [3.63, 3.8) is 0 Å². The fourth-order valence-electron chi connectivity index (χ4n) is 3.12. The van der Waals surface area contributed by atoms with Crippen molar-refractivity contribution < 1.29 is 14.0 Å². The Morgan fingerprint density at radius 3 is 2.44 bits per heavy atom. The highest BCUT2D eigenvalue weighted by Crippen LogP contribution is 2.37. The second-order valence-corrected chi connectivity index (χ2v) is 7.93. The van der Waals surface area contributed by atoms with Gasteiger partial charge in [0, 0.05) is 19.6 Å². The van der Waals surface area contributed by atoms with Crippen LogP contribution >= 0.6 is 0 Å². The highest BCUT2D eigenvalue weighted by Gasteiger charge is 2.49. The third-order valence-corrected chi connectivity index (χ3v) is 5.49. The first-order valence-corrected chi connectivity index (χ1v) is 9.29. The largest absolute Gasteiger partial charge is 0.487 e. The highest BCUT2D eigenvalue weighted by atomic mass is 16.7. The Labute approximate surface area is 152 Å². The molecule has 0 amide bonds. The Morgan fingerprint density at radius 2 is 1.76 bits per heavy atom. The molecule has 0 radical (unpaired) electrons. The van der Waals surface area contributed by atoms with Gasteiger partial charge in [0.05, 0.1) is 24.4 Å². The molecule has 2 aliphatic rings. The van der Waals surface area contributed by atoms with Crippen LogP contribution in [-0.2, 0) is 20.5 Å². The number of ether oxygens (including phenoxy) is 1. The van der Waals surface area contributed by atoms with Crippen molar-refractivity contribution in [3.05, 3.63) is 41.4 Å². The van der Waals surface area contributed by atoms with Crippen LogP contribution in [0.1, 0.15) is 38.8 Å². The second kappa shape index (κ2) is 7.62. The quantitative estimate of drug-likeness (QED) is 0.769. The summed E-state index contributed by atoms with van der Waals surface area (Å²) in [5.41, 5.74) is 1.97. The van der Waals surface area contributed by atoms with Gasteiger partial charge in [0.15, 0.2) is 0 Å². The molecule has 1 aromatic carbocycles. The van der Waals surface area contributed by atoms with Gasteiger partial charge in [0.1, 0.15) is 0 Å². The lowest BCUT2D eigenvalue weighted by atomic mass is 9.89. The third-order valence-electron chi connectivity index (χ3n) is 5.49. The van der Waals surface area contributed by atoms with Gasteiger partial charge in [-0.2, -0.15) is 0 Å². The predicted molar refractivity (Wildman–Crippen MR) is 103 cm³/mol. The van der Waals surface area contributed by atoms with Crippen molar-refractivity contribution in [1.29, 1.82) is 0 Å². The first-order chi connectivity index (χ1) is 11.9. The van der Waals surface area contributed by atoms with E-state index in [0.29, 0.717) is 0 Å². The van der Waals surface area contributed by atoms with E-state index < -0.39 is 0 Å². The van der Waals surface area contributed by atoms with E-state index in [0.717, 1.165) is 39.3 Å². The molecule has 136 valence electrons. The lowest BCUT2D eigenvalue weighted by Gasteiger charge is -2.32. The van der Waals surface area contributed by atoms with Crippen LogP contribution in [0, 0.1) is 0 Å². The molecule has 0 spiro atoms. The molecular weight excluding hydrogens is 313 g/mol. The van der Waals surface area contributed by atoms with Crippen LogP contribution in [-0.4, -0.2) is 56.1 Å².